The maximum atomic E-state index is 12.6. The van der Waals surface area contributed by atoms with Gasteiger partial charge in [0.15, 0.2) is 0 Å². The molecule has 3 unspecified atom stereocenters. The number of hydrogen-bond donors (Lipinski definition) is 1. The number of nitrogens with one attached hydrogen (secondary N) is 1. The second-order valence-electron chi connectivity index (χ2n) is 6.45. The zero-order valence-electron chi connectivity index (χ0n) is 13.0. The van der Waals surface area contributed by atoms with Crippen LogP contribution in [0.5, 0.6) is 0 Å². The Morgan fingerprint density at radius 2 is 2.00 bits per heavy atom. The molecule has 1 fully saturated rings. The summed E-state index contributed by atoms with van der Waals surface area (Å²) in [5.74, 6) is 0. The lowest BCUT2D eigenvalue weighted by atomic mass is 9.97. The Morgan fingerprint density at radius 1 is 1.40 bits per heavy atom. The van der Waals surface area contributed by atoms with Crippen molar-refractivity contribution in [1.82, 2.24) is 10.2 Å². The van der Waals surface area contributed by atoms with Crippen molar-refractivity contribution in [2.24, 2.45) is 0 Å². The topological polar surface area (TPSA) is 41.6 Å². The molecule has 0 aliphatic carbocycles. The maximum Gasteiger partial charge on any atom is 0.410 e. The van der Waals surface area contributed by atoms with Gasteiger partial charge in [0.25, 0.3) is 6.43 Å². The molecule has 118 valence electrons. The van der Waals surface area contributed by atoms with Crippen LogP contribution in [0.2, 0.25) is 0 Å². The van der Waals surface area contributed by atoms with E-state index in [0.29, 0.717) is 6.54 Å². The second-order valence-corrected chi connectivity index (χ2v) is 6.45. The van der Waals surface area contributed by atoms with Gasteiger partial charge in [0, 0.05) is 18.6 Å². The van der Waals surface area contributed by atoms with Gasteiger partial charge in [0.1, 0.15) is 5.60 Å². The summed E-state index contributed by atoms with van der Waals surface area (Å²) in [4.78, 5) is 13.7. The molecule has 0 saturated carbocycles. The van der Waals surface area contributed by atoms with Crippen molar-refractivity contribution in [3.63, 3.8) is 0 Å². The maximum absolute atomic E-state index is 12.6. The molecule has 1 N–H and O–H groups in total. The molecule has 0 aromatic carbocycles. The van der Waals surface area contributed by atoms with Crippen molar-refractivity contribution >= 4 is 6.09 Å². The minimum atomic E-state index is -2.40. The Morgan fingerprint density at radius 3 is 2.50 bits per heavy atom. The van der Waals surface area contributed by atoms with Crippen LogP contribution in [-0.2, 0) is 4.74 Å². The molecule has 1 aliphatic heterocycles. The van der Waals surface area contributed by atoms with E-state index < -0.39 is 18.1 Å². The van der Waals surface area contributed by atoms with E-state index in [4.69, 9.17) is 4.74 Å². The zero-order chi connectivity index (χ0) is 15.5. The normalized spacial score (nSPS) is 25.7. The Bertz CT molecular complexity index is 332. The number of amides is 1. The number of rotatable bonds is 3. The molecule has 6 heteroatoms. The van der Waals surface area contributed by atoms with Gasteiger partial charge >= 0.3 is 6.09 Å². The Kier molecular flexibility index (Phi) is 5.74. The number of carbonyl (C=O) groups excluding carboxylic acids is 1. The van der Waals surface area contributed by atoms with Gasteiger partial charge in [0.2, 0.25) is 0 Å². The van der Waals surface area contributed by atoms with E-state index in [2.05, 4.69) is 5.32 Å². The van der Waals surface area contributed by atoms with Crippen LogP contribution in [0.1, 0.15) is 47.5 Å². The molecular formula is C14H26F2N2O2. The minimum absolute atomic E-state index is 0.125. The first-order chi connectivity index (χ1) is 9.11. The van der Waals surface area contributed by atoms with Crippen LogP contribution in [-0.4, -0.2) is 47.7 Å². The van der Waals surface area contributed by atoms with Crippen molar-refractivity contribution in [2.45, 2.75) is 77.6 Å². The van der Waals surface area contributed by atoms with E-state index >= 15 is 0 Å². The van der Waals surface area contributed by atoms with Crippen molar-refractivity contribution in [1.29, 1.82) is 0 Å². The van der Waals surface area contributed by atoms with Crippen molar-refractivity contribution in [3.8, 4) is 0 Å². The zero-order valence-corrected chi connectivity index (χ0v) is 13.0. The SMILES string of the molecule is CC(NC1CCCN(C(=O)OC(C)(C)C)C1C)C(F)F. The summed E-state index contributed by atoms with van der Waals surface area (Å²) >= 11 is 0. The highest BCUT2D eigenvalue weighted by molar-refractivity contribution is 5.68. The largest absolute Gasteiger partial charge is 0.444 e. The van der Waals surface area contributed by atoms with Gasteiger partial charge in [-0.25, -0.2) is 13.6 Å². The van der Waals surface area contributed by atoms with Gasteiger partial charge in [-0.2, -0.15) is 0 Å². The third-order valence-electron chi connectivity index (χ3n) is 3.47. The molecular weight excluding hydrogens is 266 g/mol. The van der Waals surface area contributed by atoms with Crippen LogP contribution in [0, 0.1) is 0 Å². The number of carbonyl (C=O) groups is 1. The van der Waals surface area contributed by atoms with E-state index in [-0.39, 0.29) is 18.2 Å². The summed E-state index contributed by atoms with van der Waals surface area (Å²) < 4.78 is 30.6. The lowest BCUT2D eigenvalue weighted by Gasteiger charge is -2.41. The van der Waals surface area contributed by atoms with Crippen LogP contribution in [0.4, 0.5) is 13.6 Å². The molecule has 1 saturated heterocycles. The number of alkyl halides is 2. The standard InChI is InChI=1S/C14H26F2N2O2/c1-9(12(15)16)17-11-7-6-8-18(10(11)2)13(19)20-14(3,4)5/h9-12,17H,6-8H2,1-5H3. The number of hydrogen-bond acceptors (Lipinski definition) is 3. The highest BCUT2D eigenvalue weighted by Gasteiger charge is 2.35. The first-order valence-corrected chi connectivity index (χ1v) is 7.15. The molecule has 20 heavy (non-hydrogen) atoms. The molecule has 4 nitrogen and oxygen atoms in total. The van der Waals surface area contributed by atoms with E-state index in [9.17, 15) is 13.6 Å². The lowest BCUT2D eigenvalue weighted by molar-refractivity contribution is 0.00396. The van der Waals surface area contributed by atoms with Crippen LogP contribution in [0.15, 0.2) is 0 Å². The molecule has 1 amide bonds. The number of likely N-dealkylation sites (tertiary alicyclic amines) is 1. The summed E-state index contributed by atoms with van der Waals surface area (Å²) in [7, 11) is 0. The first kappa shape index (κ1) is 17.1. The van der Waals surface area contributed by atoms with E-state index in [1.807, 2.05) is 27.7 Å². The number of piperidine rings is 1. The lowest BCUT2D eigenvalue weighted by Crippen LogP contribution is -2.57. The van der Waals surface area contributed by atoms with Crippen LogP contribution >= 0.6 is 0 Å². The van der Waals surface area contributed by atoms with Gasteiger partial charge in [-0.1, -0.05) is 0 Å². The number of ether oxygens (including phenoxy) is 1. The van der Waals surface area contributed by atoms with Gasteiger partial charge in [-0.05, 0) is 47.5 Å². The average Bonchev–Trinajstić information content (AvgIpc) is 2.29. The fourth-order valence-electron chi connectivity index (χ4n) is 2.35. The Labute approximate surface area is 119 Å². The van der Waals surface area contributed by atoms with E-state index in [0.717, 1.165) is 12.8 Å². The molecule has 0 aromatic rings. The Hall–Kier alpha value is -0.910. The van der Waals surface area contributed by atoms with Gasteiger partial charge in [-0.3, -0.25) is 0 Å². The molecule has 1 aliphatic rings. The molecule has 0 radical (unpaired) electrons. The third kappa shape index (κ3) is 4.89. The number of halogens is 2. The molecule has 0 spiro atoms. The average molecular weight is 292 g/mol. The molecule has 0 aromatic heterocycles. The summed E-state index contributed by atoms with van der Waals surface area (Å²) in [6.07, 6.45) is -1.20. The summed E-state index contributed by atoms with van der Waals surface area (Å²) in [6, 6.07) is -1.15. The van der Waals surface area contributed by atoms with Gasteiger partial charge in [0.05, 0.1) is 6.04 Å². The fourth-order valence-corrected chi connectivity index (χ4v) is 2.35. The van der Waals surface area contributed by atoms with Gasteiger partial charge in [-0.15, -0.1) is 0 Å². The first-order valence-electron chi connectivity index (χ1n) is 7.15. The van der Waals surface area contributed by atoms with Crippen molar-refractivity contribution in [3.05, 3.63) is 0 Å². The van der Waals surface area contributed by atoms with Crippen LogP contribution in [0.3, 0.4) is 0 Å². The molecule has 0 bridgehead atoms. The van der Waals surface area contributed by atoms with Crippen LogP contribution < -0.4 is 5.32 Å². The van der Waals surface area contributed by atoms with Crippen molar-refractivity contribution in [2.75, 3.05) is 6.54 Å². The number of nitrogens with zero attached hydrogens (tertiary/aromatic N) is 1. The van der Waals surface area contributed by atoms with E-state index in [1.54, 1.807) is 4.90 Å². The third-order valence-corrected chi connectivity index (χ3v) is 3.47. The monoisotopic (exact) mass is 292 g/mol. The molecule has 1 rings (SSSR count). The summed E-state index contributed by atoms with van der Waals surface area (Å²) in [5, 5.41) is 2.92. The minimum Gasteiger partial charge on any atom is -0.444 e. The Balaban J connectivity index is 2.64. The summed E-state index contributed by atoms with van der Waals surface area (Å²) in [6.45, 7) is 9.39. The quantitative estimate of drug-likeness (QED) is 0.869. The predicted octanol–water partition coefficient (Wildman–Crippen LogP) is 3.02. The van der Waals surface area contributed by atoms with Crippen LogP contribution in [0.25, 0.3) is 0 Å². The predicted molar refractivity (Wildman–Crippen MR) is 74.0 cm³/mol. The van der Waals surface area contributed by atoms with Gasteiger partial charge < -0.3 is 15.0 Å². The summed E-state index contributed by atoms with van der Waals surface area (Å²) in [5.41, 5.74) is -0.548. The molecule has 1 heterocycles. The van der Waals surface area contributed by atoms with E-state index in [1.165, 1.54) is 6.92 Å². The molecule has 3 atom stereocenters. The fraction of sp³-hybridized carbons (Fsp3) is 0.929. The highest BCUT2D eigenvalue weighted by Crippen LogP contribution is 2.21. The second kappa shape index (κ2) is 6.70. The smallest absolute Gasteiger partial charge is 0.410 e. The van der Waals surface area contributed by atoms with Crippen molar-refractivity contribution < 1.29 is 18.3 Å². The highest BCUT2D eigenvalue weighted by atomic mass is 19.3.